The summed E-state index contributed by atoms with van der Waals surface area (Å²) in [6.07, 6.45) is 11.3. The van der Waals surface area contributed by atoms with Gasteiger partial charge in [-0.15, -0.1) is 0 Å². The van der Waals surface area contributed by atoms with Crippen molar-refractivity contribution in [2.75, 3.05) is 21.1 Å². The van der Waals surface area contributed by atoms with Crippen LogP contribution in [0.25, 0.3) is 10.8 Å². The van der Waals surface area contributed by atoms with E-state index >= 15 is 0 Å². The van der Waals surface area contributed by atoms with Crippen molar-refractivity contribution in [3.63, 3.8) is 0 Å². The van der Waals surface area contributed by atoms with E-state index in [1.165, 1.54) is 42.6 Å². The Morgan fingerprint density at radius 2 is 1.44 bits per heavy atom. The van der Waals surface area contributed by atoms with Crippen molar-refractivity contribution in [1.82, 2.24) is 10.6 Å². The Morgan fingerprint density at radius 1 is 0.860 bits per heavy atom. The van der Waals surface area contributed by atoms with Crippen molar-refractivity contribution in [1.29, 1.82) is 0 Å². The van der Waals surface area contributed by atoms with E-state index in [4.69, 9.17) is 5.11 Å². The molecule has 0 amide bonds. The minimum Gasteiger partial charge on any atom is -0.481 e. The maximum absolute atomic E-state index is 10.7. The largest absolute Gasteiger partial charge is 0.481 e. The number of likely N-dealkylation sites (N-methyl/N-ethyl adjacent to an activating group) is 2. The highest BCUT2D eigenvalue weighted by molar-refractivity contribution is 5.83. The molecule has 2 aromatic rings. The number of aldehydes is 3. The van der Waals surface area contributed by atoms with Crippen molar-refractivity contribution < 1.29 is 24.3 Å². The van der Waals surface area contributed by atoms with Crippen molar-refractivity contribution in [3.05, 3.63) is 48.0 Å². The lowest BCUT2D eigenvalue weighted by molar-refractivity contribution is -0.137. The van der Waals surface area contributed by atoms with E-state index in [0.717, 1.165) is 56.9 Å². The molecule has 0 aliphatic rings. The molecule has 2 rings (SSSR count). The predicted molar refractivity (Wildman–Crippen MR) is 184 cm³/mol. The molecule has 0 saturated heterocycles. The van der Waals surface area contributed by atoms with Gasteiger partial charge in [0.1, 0.15) is 18.9 Å². The second kappa shape index (κ2) is 37.1. The SMILES string of the molecule is CC.CCCCC(=O)O.CCCCC(C)CCC=O.CN.CNC(C)C=O.CNC(C=O)Cc1ccc2ccccc2c1. The number of nitrogens with two attached hydrogens (primary N) is 1. The molecule has 0 fully saturated rings. The summed E-state index contributed by atoms with van der Waals surface area (Å²) in [5.41, 5.74) is 5.69. The molecule has 2 aromatic carbocycles. The average Bonchev–Trinajstić information content (AvgIpc) is 3.06. The van der Waals surface area contributed by atoms with E-state index < -0.39 is 5.97 Å². The number of benzene rings is 2. The predicted octanol–water partition coefficient (Wildman–Crippen LogP) is 6.62. The van der Waals surface area contributed by atoms with Crippen LogP contribution in [0.4, 0.5) is 0 Å². The molecule has 3 unspecified atom stereocenters. The highest BCUT2D eigenvalue weighted by atomic mass is 16.4. The van der Waals surface area contributed by atoms with Gasteiger partial charge in [0, 0.05) is 12.8 Å². The Labute approximate surface area is 262 Å². The lowest BCUT2D eigenvalue weighted by Crippen LogP contribution is -2.28. The Hall–Kier alpha value is -2.94. The number of fused-ring (bicyclic) bond motifs is 1. The van der Waals surface area contributed by atoms with Gasteiger partial charge in [-0.2, -0.15) is 0 Å². The fourth-order valence-corrected chi connectivity index (χ4v) is 3.28. The highest BCUT2D eigenvalue weighted by Gasteiger charge is 2.05. The normalized spacial score (nSPS) is 11.3. The van der Waals surface area contributed by atoms with E-state index in [2.05, 4.69) is 60.5 Å². The van der Waals surface area contributed by atoms with Crippen LogP contribution in [-0.2, 0) is 25.6 Å². The highest BCUT2D eigenvalue weighted by Crippen LogP contribution is 2.16. The zero-order chi connectivity index (χ0) is 33.9. The second-order valence-corrected chi connectivity index (χ2v) is 9.62. The molecule has 5 N–H and O–H groups in total. The lowest BCUT2D eigenvalue weighted by Gasteiger charge is -2.09. The van der Waals surface area contributed by atoms with Crippen LogP contribution in [0.15, 0.2) is 42.5 Å². The van der Waals surface area contributed by atoms with Crippen molar-refractivity contribution in [2.24, 2.45) is 11.7 Å². The molecular formula is C35H63N3O5. The molecule has 43 heavy (non-hydrogen) atoms. The number of unbranched alkanes of at least 4 members (excludes halogenated alkanes) is 2. The summed E-state index contributed by atoms with van der Waals surface area (Å²) in [5.74, 6) is 0.0481. The monoisotopic (exact) mass is 605 g/mol. The van der Waals surface area contributed by atoms with Gasteiger partial charge >= 0.3 is 5.97 Å². The summed E-state index contributed by atoms with van der Waals surface area (Å²) in [6, 6.07) is 14.5. The van der Waals surface area contributed by atoms with Gasteiger partial charge in [0.05, 0.1) is 12.1 Å². The molecule has 0 radical (unpaired) electrons. The Kier molecular flexibility index (Phi) is 40.5. The second-order valence-electron chi connectivity index (χ2n) is 9.62. The van der Waals surface area contributed by atoms with E-state index in [1.54, 1.807) is 21.0 Å². The maximum Gasteiger partial charge on any atom is 0.303 e. The quantitative estimate of drug-likeness (QED) is 0.166. The molecule has 8 nitrogen and oxygen atoms in total. The summed E-state index contributed by atoms with van der Waals surface area (Å²) >= 11 is 0. The number of carboxylic acid groups (broad SMARTS) is 1. The summed E-state index contributed by atoms with van der Waals surface area (Å²) in [4.78, 5) is 40.2. The summed E-state index contributed by atoms with van der Waals surface area (Å²) in [6.45, 7) is 12.2. The molecule has 0 saturated carbocycles. The molecule has 0 aliphatic carbocycles. The number of aliphatic carboxylic acids is 1. The van der Waals surface area contributed by atoms with Gasteiger partial charge < -0.3 is 35.9 Å². The van der Waals surface area contributed by atoms with Crippen molar-refractivity contribution in [3.8, 4) is 0 Å². The molecular weight excluding hydrogens is 542 g/mol. The third-order valence-corrected chi connectivity index (χ3v) is 6.04. The third-order valence-electron chi connectivity index (χ3n) is 6.04. The van der Waals surface area contributed by atoms with Gasteiger partial charge in [0.15, 0.2) is 0 Å². The fraction of sp³-hybridized carbons (Fsp3) is 0.600. The number of rotatable bonds is 15. The third kappa shape index (κ3) is 31.8. The standard InChI is InChI=1S/C14H15NO.C9H18O.C5H10O2.C4H9NO.C2H6.CH5N/c1-15-14(10-16)9-11-6-7-12-4-2-3-5-13(12)8-11;1-3-4-6-9(2)7-5-8-10;1-2-3-4-5(6)7;1-4(3-6)5-2;2*1-2/h2-8,10,14-15H,9H2,1H3;8-9H,3-7H2,1-2H3;2-4H2,1H3,(H,6,7);3-5H,1-2H3;1-2H3;2H2,1H3. The van der Waals surface area contributed by atoms with Gasteiger partial charge in [0.25, 0.3) is 0 Å². The first kappa shape index (κ1) is 47.0. The van der Waals surface area contributed by atoms with E-state index in [1.807, 2.05) is 32.9 Å². The first-order chi connectivity index (χ1) is 20.7. The Morgan fingerprint density at radius 3 is 1.84 bits per heavy atom. The van der Waals surface area contributed by atoms with Crippen LogP contribution in [0.3, 0.4) is 0 Å². The number of hydrogen-bond donors (Lipinski definition) is 4. The Balaban J connectivity index is -0.000000244. The van der Waals surface area contributed by atoms with Crippen molar-refractivity contribution in [2.45, 2.75) is 111 Å². The van der Waals surface area contributed by atoms with Gasteiger partial charge in [-0.25, -0.2) is 0 Å². The number of carbonyl (C=O) groups excluding carboxylic acids is 3. The summed E-state index contributed by atoms with van der Waals surface area (Å²) in [5, 5.41) is 16.2. The molecule has 248 valence electrons. The van der Waals surface area contributed by atoms with Crippen LogP contribution in [0, 0.1) is 5.92 Å². The minimum absolute atomic E-state index is 0.00463. The molecule has 0 bridgehead atoms. The number of carboxylic acids is 1. The van der Waals surface area contributed by atoms with Gasteiger partial charge in [-0.1, -0.05) is 103 Å². The minimum atomic E-state index is -0.693. The lowest BCUT2D eigenvalue weighted by atomic mass is 10.00. The summed E-state index contributed by atoms with van der Waals surface area (Å²) < 4.78 is 0. The van der Waals surface area contributed by atoms with E-state index in [0.29, 0.717) is 6.42 Å². The van der Waals surface area contributed by atoms with Crippen LogP contribution in [0.2, 0.25) is 0 Å². The number of hydrogen-bond acceptors (Lipinski definition) is 7. The van der Waals surface area contributed by atoms with Crippen LogP contribution in [-0.4, -0.2) is 63.2 Å². The molecule has 0 heterocycles. The molecule has 0 aliphatic heterocycles. The molecule has 8 heteroatoms. The molecule has 3 atom stereocenters. The Bertz CT molecular complexity index is 908. The van der Waals surface area contributed by atoms with Crippen LogP contribution >= 0.6 is 0 Å². The van der Waals surface area contributed by atoms with E-state index in [9.17, 15) is 19.2 Å². The number of nitrogens with one attached hydrogen (secondary N) is 2. The smallest absolute Gasteiger partial charge is 0.303 e. The maximum atomic E-state index is 10.7. The van der Waals surface area contributed by atoms with E-state index in [-0.39, 0.29) is 12.1 Å². The topological polar surface area (TPSA) is 139 Å². The number of carbonyl (C=O) groups is 4. The molecule has 0 spiro atoms. The fourth-order valence-electron chi connectivity index (χ4n) is 3.28. The molecule has 0 aromatic heterocycles. The van der Waals surface area contributed by atoms with Crippen LogP contribution in [0.1, 0.15) is 98.5 Å². The zero-order valence-electron chi connectivity index (χ0n) is 28.5. The van der Waals surface area contributed by atoms with Gasteiger partial charge in [-0.05, 0) is 69.6 Å². The first-order valence-electron chi connectivity index (χ1n) is 15.7. The van der Waals surface area contributed by atoms with Crippen molar-refractivity contribution >= 4 is 35.6 Å². The first-order valence-corrected chi connectivity index (χ1v) is 15.7. The van der Waals surface area contributed by atoms with Gasteiger partial charge in [0.2, 0.25) is 0 Å². The van der Waals surface area contributed by atoms with Crippen LogP contribution in [0.5, 0.6) is 0 Å². The van der Waals surface area contributed by atoms with Crippen LogP contribution < -0.4 is 16.4 Å². The van der Waals surface area contributed by atoms with Gasteiger partial charge in [-0.3, -0.25) is 4.79 Å². The summed E-state index contributed by atoms with van der Waals surface area (Å²) in [7, 11) is 5.05. The average molecular weight is 606 g/mol. The zero-order valence-corrected chi connectivity index (χ0v) is 28.5.